The number of fused-ring (bicyclic) bond motifs is 1. The second-order valence-corrected chi connectivity index (χ2v) is 8.22. The Morgan fingerprint density at radius 3 is 2.76 bits per heavy atom. The second kappa shape index (κ2) is 8.91. The minimum atomic E-state index is -0.696. The molecule has 1 aliphatic rings. The second-order valence-electron chi connectivity index (χ2n) is 6.74. The molecule has 2 heterocycles. The molecule has 0 aromatic carbocycles. The van der Waals surface area contributed by atoms with Gasteiger partial charge in [-0.2, -0.15) is 4.68 Å². The van der Waals surface area contributed by atoms with Gasteiger partial charge in [-0.25, -0.2) is 4.79 Å². The van der Waals surface area contributed by atoms with Crippen LogP contribution in [0.5, 0.6) is 0 Å². The molecule has 1 N–H and O–H groups in total. The zero-order valence-corrected chi connectivity index (χ0v) is 17.7. The fourth-order valence-electron chi connectivity index (χ4n) is 3.22. The van der Waals surface area contributed by atoms with Gasteiger partial charge in [0.25, 0.3) is 0 Å². The van der Waals surface area contributed by atoms with E-state index in [1.165, 1.54) is 16.0 Å². The molecule has 0 bridgehead atoms. The number of carbonyl (C=O) groups excluding carboxylic acids is 2. The number of halogens is 1. The molecular weight excluding hydrogens is 420 g/mol. The van der Waals surface area contributed by atoms with Crippen LogP contribution < -0.4 is 5.32 Å². The normalized spacial score (nSPS) is 13.1. The van der Waals surface area contributed by atoms with E-state index in [9.17, 15) is 19.7 Å². The van der Waals surface area contributed by atoms with Crippen molar-refractivity contribution in [3.63, 3.8) is 0 Å². The average Bonchev–Trinajstić information content (AvgIpc) is 3.18. The maximum absolute atomic E-state index is 12.6. The minimum Gasteiger partial charge on any atom is -0.462 e. The predicted molar refractivity (Wildman–Crippen MR) is 109 cm³/mol. The summed E-state index contributed by atoms with van der Waals surface area (Å²) in [5.41, 5.74) is 1.70. The summed E-state index contributed by atoms with van der Waals surface area (Å²) in [6.45, 7) is 3.51. The Morgan fingerprint density at radius 1 is 1.38 bits per heavy atom. The Hall–Kier alpha value is -2.46. The number of nitrogens with one attached hydrogen (secondary N) is 1. The lowest BCUT2D eigenvalue weighted by Gasteiger charge is -2.12. The molecule has 2 aromatic heterocycles. The fourth-order valence-corrected chi connectivity index (χ4v) is 4.72. The van der Waals surface area contributed by atoms with Crippen LogP contribution in [-0.2, 0) is 28.9 Å². The zero-order chi connectivity index (χ0) is 21.1. The summed E-state index contributed by atoms with van der Waals surface area (Å²) in [7, 11) is 0. The summed E-state index contributed by atoms with van der Waals surface area (Å²) in [5, 5.41) is 17.9. The predicted octanol–water partition coefficient (Wildman–Crippen LogP) is 3.90. The smallest absolute Gasteiger partial charge is 0.408 e. The number of aromatic nitrogens is 2. The summed E-state index contributed by atoms with van der Waals surface area (Å²) in [5.74, 6) is -1.38. The Bertz CT molecular complexity index is 968. The largest absolute Gasteiger partial charge is 0.462 e. The van der Waals surface area contributed by atoms with Crippen LogP contribution in [0, 0.1) is 17.0 Å². The highest BCUT2D eigenvalue weighted by atomic mass is 35.5. The minimum absolute atomic E-state index is 0.0989. The van der Waals surface area contributed by atoms with Crippen LogP contribution in [0.1, 0.15) is 52.7 Å². The molecule has 11 heteroatoms. The van der Waals surface area contributed by atoms with Gasteiger partial charge in [-0.15, -0.1) is 11.3 Å². The van der Waals surface area contributed by atoms with Crippen LogP contribution >= 0.6 is 22.9 Å². The lowest BCUT2D eigenvalue weighted by atomic mass is 9.95. The molecule has 156 valence electrons. The highest BCUT2D eigenvalue weighted by molar-refractivity contribution is 7.17. The molecule has 2 aromatic rings. The van der Waals surface area contributed by atoms with Gasteiger partial charge in [0.05, 0.1) is 23.0 Å². The number of nitrogens with zero attached hydrogens (tertiary/aromatic N) is 3. The SMILES string of the molecule is CCCOC(=O)c1c(NC(=O)Cn2nc([N+](=O)[O-])c(Cl)c2C)sc2c1CCCC2. The standard InChI is InChI=1S/C18H21ClN4O5S/c1-3-8-28-18(25)14-11-6-4-5-7-12(11)29-17(14)20-13(24)9-22-10(2)15(19)16(21-22)23(26)27/h3-9H2,1-2H3,(H,20,24). The molecule has 29 heavy (non-hydrogen) atoms. The van der Waals surface area contributed by atoms with Crippen LogP contribution in [0.2, 0.25) is 5.02 Å². The number of esters is 1. The van der Waals surface area contributed by atoms with Crippen molar-refractivity contribution in [1.29, 1.82) is 0 Å². The number of hydrogen-bond donors (Lipinski definition) is 1. The molecule has 0 radical (unpaired) electrons. The van der Waals surface area contributed by atoms with Crippen molar-refractivity contribution in [2.24, 2.45) is 0 Å². The zero-order valence-electron chi connectivity index (χ0n) is 16.1. The number of rotatable bonds is 7. The molecule has 3 rings (SSSR count). The number of carbonyl (C=O) groups is 2. The number of amides is 1. The van der Waals surface area contributed by atoms with Crippen molar-refractivity contribution >= 4 is 45.6 Å². The van der Waals surface area contributed by atoms with Gasteiger partial charge >= 0.3 is 11.8 Å². The van der Waals surface area contributed by atoms with E-state index in [1.807, 2.05) is 6.92 Å². The highest BCUT2D eigenvalue weighted by Gasteiger charge is 2.29. The third-order valence-electron chi connectivity index (χ3n) is 4.65. The van der Waals surface area contributed by atoms with E-state index < -0.39 is 22.6 Å². The maximum Gasteiger partial charge on any atom is 0.408 e. The van der Waals surface area contributed by atoms with Crippen molar-refractivity contribution in [2.45, 2.75) is 52.5 Å². The topological polar surface area (TPSA) is 116 Å². The average molecular weight is 441 g/mol. The molecular formula is C18H21ClN4O5S. The van der Waals surface area contributed by atoms with Crippen LogP contribution in [0.4, 0.5) is 10.8 Å². The Kier molecular flexibility index (Phi) is 6.53. The molecule has 1 amide bonds. The molecule has 0 spiro atoms. The highest BCUT2D eigenvalue weighted by Crippen LogP contribution is 2.38. The van der Waals surface area contributed by atoms with Crippen molar-refractivity contribution in [3.05, 3.63) is 36.8 Å². The number of anilines is 1. The fraction of sp³-hybridized carbons (Fsp3) is 0.500. The number of nitro groups is 1. The third-order valence-corrected chi connectivity index (χ3v) is 6.30. The Balaban J connectivity index is 1.83. The lowest BCUT2D eigenvalue weighted by molar-refractivity contribution is -0.389. The van der Waals surface area contributed by atoms with Crippen molar-refractivity contribution in [1.82, 2.24) is 9.78 Å². The van der Waals surface area contributed by atoms with Gasteiger partial charge < -0.3 is 20.2 Å². The van der Waals surface area contributed by atoms with E-state index in [1.54, 1.807) is 6.92 Å². The number of aryl methyl sites for hydroxylation is 1. The molecule has 0 saturated heterocycles. The third kappa shape index (κ3) is 4.43. The molecule has 0 atom stereocenters. The monoisotopic (exact) mass is 440 g/mol. The van der Waals surface area contributed by atoms with Crippen molar-refractivity contribution in [2.75, 3.05) is 11.9 Å². The number of ether oxygens (including phenoxy) is 1. The first-order chi connectivity index (χ1) is 13.8. The van der Waals surface area contributed by atoms with Gasteiger partial charge in [0.15, 0.2) is 5.02 Å². The van der Waals surface area contributed by atoms with Gasteiger partial charge in [0, 0.05) is 4.88 Å². The van der Waals surface area contributed by atoms with E-state index in [4.69, 9.17) is 16.3 Å². The van der Waals surface area contributed by atoms with E-state index in [0.29, 0.717) is 29.3 Å². The molecule has 1 aliphatic carbocycles. The van der Waals surface area contributed by atoms with Crippen LogP contribution in [-0.4, -0.2) is 33.2 Å². The molecule has 0 saturated carbocycles. The summed E-state index contributed by atoms with van der Waals surface area (Å²) >= 11 is 7.30. The van der Waals surface area contributed by atoms with Crippen molar-refractivity contribution in [3.8, 4) is 0 Å². The van der Waals surface area contributed by atoms with Gasteiger partial charge in [0.2, 0.25) is 5.91 Å². The lowest BCUT2D eigenvalue weighted by Crippen LogP contribution is -2.21. The summed E-state index contributed by atoms with van der Waals surface area (Å²) < 4.78 is 6.49. The van der Waals surface area contributed by atoms with Gasteiger partial charge in [0.1, 0.15) is 11.5 Å². The summed E-state index contributed by atoms with van der Waals surface area (Å²) in [6.07, 6.45) is 4.37. The van der Waals surface area contributed by atoms with Gasteiger partial charge in [-0.3, -0.25) is 4.79 Å². The Labute approximate surface area is 176 Å². The van der Waals surface area contributed by atoms with E-state index in [0.717, 1.165) is 36.1 Å². The van der Waals surface area contributed by atoms with Crippen LogP contribution in [0.3, 0.4) is 0 Å². The first-order valence-electron chi connectivity index (χ1n) is 9.32. The first kappa shape index (κ1) is 21.3. The molecule has 0 unspecified atom stereocenters. The summed E-state index contributed by atoms with van der Waals surface area (Å²) in [4.78, 5) is 36.6. The van der Waals surface area contributed by atoms with Crippen LogP contribution in [0.15, 0.2) is 0 Å². The van der Waals surface area contributed by atoms with Crippen molar-refractivity contribution < 1.29 is 19.2 Å². The van der Waals surface area contributed by atoms with Gasteiger partial charge in [-0.1, -0.05) is 18.5 Å². The summed E-state index contributed by atoms with van der Waals surface area (Å²) in [6, 6.07) is 0. The van der Waals surface area contributed by atoms with E-state index >= 15 is 0 Å². The van der Waals surface area contributed by atoms with Gasteiger partial charge in [-0.05, 0) is 49.5 Å². The number of hydrogen-bond acceptors (Lipinski definition) is 7. The molecule has 0 fully saturated rings. The first-order valence-corrected chi connectivity index (χ1v) is 10.5. The molecule has 0 aliphatic heterocycles. The van der Waals surface area contributed by atoms with E-state index in [-0.39, 0.29) is 11.6 Å². The number of thiophene rings is 1. The van der Waals surface area contributed by atoms with E-state index in [2.05, 4.69) is 10.4 Å². The Morgan fingerprint density at radius 2 is 2.10 bits per heavy atom. The quantitative estimate of drug-likeness (QED) is 0.396. The maximum atomic E-state index is 12.6. The van der Waals surface area contributed by atoms with Crippen LogP contribution in [0.25, 0.3) is 0 Å². The molecule has 9 nitrogen and oxygen atoms in total.